The van der Waals surface area contributed by atoms with Crippen molar-refractivity contribution >= 4 is 5.78 Å². The predicted molar refractivity (Wildman–Crippen MR) is 50.7 cm³/mol. The van der Waals surface area contributed by atoms with Gasteiger partial charge in [0.05, 0.1) is 6.10 Å². The fourth-order valence-corrected chi connectivity index (χ4v) is 1.55. The van der Waals surface area contributed by atoms with Crippen LogP contribution in [0.5, 0.6) is 0 Å². The zero-order valence-electron chi connectivity index (χ0n) is 8.99. The number of unbranched alkanes of at least 4 members (excludes halogenated alkanes) is 1. The SMILES string of the molecule is CCCC[C@H]1OC(OC)O[C@@H]1C(C)=O. The van der Waals surface area contributed by atoms with E-state index in [0.717, 1.165) is 19.3 Å². The molecule has 0 spiro atoms. The summed E-state index contributed by atoms with van der Waals surface area (Å²) in [7, 11) is 1.50. The number of ketones is 1. The molecule has 3 atom stereocenters. The van der Waals surface area contributed by atoms with Crippen LogP contribution >= 0.6 is 0 Å². The monoisotopic (exact) mass is 202 g/mol. The van der Waals surface area contributed by atoms with Gasteiger partial charge in [0.15, 0.2) is 5.78 Å². The van der Waals surface area contributed by atoms with E-state index in [0.29, 0.717) is 0 Å². The van der Waals surface area contributed by atoms with Crippen molar-refractivity contribution < 1.29 is 19.0 Å². The molecule has 0 amide bonds. The van der Waals surface area contributed by atoms with Gasteiger partial charge in [-0.3, -0.25) is 4.79 Å². The molecule has 0 aromatic heterocycles. The first-order chi connectivity index (χ1) is 6.69. The largest absolute Gasteiger partial charge is 0.333 e. The minimum absolute atomic E-state index is 0.00523. The zero-order chi connectivity index (χ0) is 10.6. The number of carbonyl (C=O) groups excluding carboxylic acids is 1. The third-order valence-corrected chi connectivity index (χ3v) is 2.32. The fourth-order valence-electron chi connectivity index (χ4n) is 1.55. The first-order valence-electron chi connectivity index (χ1n) is 5.03. The first-order valence-corrected chi connectivity index (χ1v) is 5.03. The Morgan fingerprint density at radius 1 is 1.43 bits per heavy atom. The van der Waals surface area contributed by atoms with Crippen LogP contribution in [-0.4, -0.2) is 31.6 Å². The molecule has 4 heteroatoms. The van der Waals surface area contributed by atoms with Crippen LogP contribution in [-0.2, 0) is 19.0 Å². The van der Waals surface area contributed by atoms with Gasteiger partial charge in [-0.05, 0) is 13.3 Å². The second-order valence-corrected chi connectivity index (χ2v) is 3.51. The van der Waals surface area contributed by atoms with E-state index in [1.54, 1.807) is 0 Å². The standard InChI is InChI=1S/C10H18O4/c1-4-5-6-8-9(7(2)11)14-10(12-3)13-8/h8-10H,4-6H2,1-3H3/t8-,9-,10?/m1/s1. The van der Waals surface area contributed by atoms with Crippen molar-refractivity contribution in [3.05, 3.63) is 0 Å². The summed E-state index contributed by atoms with van der Waals surface area (Å²) in [5, 5.41) is 0. The topological polar surface area (TPSA) is 44.8 Å². The number of Topliss-reactive ketones (excluding diaryl/α,β-unsaturated/α-hetero) is 1. The maximum atomic E-state index is 11.2. The molecular formula is C10H18O4. The van der Waals surface area contributed by atoms with E-state index in [1.165, 1.54) is 14.0 Å². The quantitative estimate of drug-likeness (QED) is 0.677. The molecule has 1 unspecified atom stereocenters. The molecule has 0 aliphatic carbocycles. The highest BCUT2D eigenvalue weighted by Crippen LogP contribution is 2.24. The summed E-state index contributed by atoms with van der Waals surface area (Å²) in [5.41, 5.74) is 0. The molecule has 0 aromatic carbocycles. The minimum atomic E-state index is -0.675. The third-order valence-electron chi connectivity index (χ3n) is 2.32. The van der Waals surface area contributed by atoms with E-state index >= 15 is 0 Å². The first kappa shape index (κ1) is 11.6. The van der Waals surface area contributed by atoms with Crippen molar-refractivity contribution in [2.24, 2.45) is 0 Å². The van der Waals surface area contributed by atoms with Gasteiger partial charge in [0.1, 0.15) is 6.10 Å². The molecule has 0 bridgehead atoms. The summed E-state index contributed by atoms with van der Waals surface area (Å²) in [6.45, 7) is 2.95. The van der Waals surface area contributed by atoms with Crippen molar-refractivity contribution in [1.29, 1.82) is 0 Å². The van der Waals surface area contributed by atoms with Crippen LogP contribution in [0.3, 0.4) is 0 Å². The number of carbonyl (C=O) groups is 1. The molecule has 1 fully saturated rings. The molecule has 4 nitrogen and oxygen atoms in total. The Morgan fingerprint density at radius 2 is 2.14 bits per heavy atom. The zero-order valence-corrected chi connectivity index (χ0v) is 8.99. The van der Waals surface area contributed by atoms with Crippen LogP contribution in [0.25, 0.3) is 0 Å². The lowest BCUT2D eigenvalue weighted by molar-refractivity contribution is -0.228. The Hall–Kier alpha value is -0.450. The van der Waals surface area contributed by atoms with Gasteiger partial charge in [0.25, 0.3) is 6.48 Å². The van der Waals surface area contributed by atoms with Crippen molar-refractivity contribution in [1.82, 2.24) is 0 Å². The fraction of sp³-hybridized carbons (Fsp3) is 0.900. The van der Waals surface area contributed by atoms with E-state index in [1.807, 2.05) is 0 Å². The predicted octanol–water partition coefficient (Wildman–Crippen LogP) is 1.48. The number of hydrogen-bond donors (Lipinski definition) is 0. The smallest absolute Gasteiger partial charge is 0.272 e. The summed E-state index contributed by atoms with van der Waals surface area (Å²) < 4.78 is 15.6. The average Bonchev–Trinajstić information content (AvgIpc) is 2.58. The molecule has 1 aliphatic heterocycles. The molecule has 0 aromatic rings. The van der Waals surface area contributed by atoms with E-state index in [9.17, 15) is 4.79 Å². The molecule has 1 saturated heterocycles. The van der Waals surface area contributed by atoms with Gasteiger partial charge in [0, 0.05) is 7.11 Å². The average molecular weight is 202 g/mol. The number of methoxy groups -OCH3 is 1. The Bertz CT molecular complexity index is 193. The Kier molecular flexibility index (Phi) is 4.51. The van der Waals surface area contributed by atoms with Crippen LogP contribution in [0.15, 0.2) is 0 Å². The van der Waals surface area contributed by atoms with Gasteiger partial charge in [-0.1, -0.05) is 19.8 Å². The Balaban J connectivity index is 2.48. The van der Waals surface area contributed by atoms with E-state index < -0.39 is 12.6 Å². The lowest BCUT2D eigenvalue weighted by Crippen LogP contribution is -2.29. The normalized spacial score (nSPS) is 32.1. The molecule has 1 heterocycles. The molecule has 0 N–H and O–H groups in total. The van der Waals surface area contributed by atoms with Crippen molar-refractivity contribution in [2.45, 2.75) is 51.8 Å². The molecule has 14 heavy (non-hydrogen) atoms. The number of ether oxygens (including phenoxy) is 3. The van der Waals surface area contributed by atoms with Gasteiger partial charge in [0.2, 0.25) is 0 Å². The van der Waals surface area contributed by atoms with Crippen LogP contribution in [0.4, 0.5) is 0 Å². The maximum Gasteiger partial charge on any atom is 0.272 e. The van der Waals surface area contributed by atoms with Crippen molar-refractivity contribution in [2.75, 3.05) is 7.11 Å². The highest BCUT2D eigenvalue weighted by Gasteiger charge is 2.38. The number of hydrogen-bond acceptors (Lipinski definition) is 4. The highest BCUT2D eigenvalue weighted by molar-refractivity contribution is 5.81. The van der Waals surface area contributed by atoms with Gasteiger partial charge in [-0.25, -0.2) is 0 Å². The second kappa shape index (κ2) is 5.44. The lowest BCUT2D eigenvalue weighted by Gasteiger charge is -2.12. The van der Waals surface area contributed by atoms with Crippen LogP contribution in [0.1, 0.15) is 33.1 Å². The molecule has 0 saturated carbocycles. The van der Waals surface area contributed by atoms with Crippen LogP contribution < -0.4 is 0 Å². The summed E-state index contributed by atoms with van der Waals surface area (Å²) in [6.07, 6.45) is 2.38. The van der Waals surface area contributed by atoms with Crippen LogP contribution in [0, 0.1) is 0 Å². The van der Waals surface area contributed by atoms with E-state index in [-0.39, 0.29) is 11.9 Å². The highest BCUT2D eigenvalue weighted by atomic mass is 16.9. The van der Waals surface area contributed by atoms with Gasteiger partial charge >= 0.3 is 0 Å². The molecular weight excluding hydrogens is 184 g/mol. The molecule has 1 aliphatic rings. The van der Waals surface area contributed by atoms with E-state index in [4.69, 9.17) is 14.2 Å². The van der Waals surface area contributed by atoms with E-state index in [2.05, 4.69) is 6.92 Å². The Labute approximate surface area is 84.5 Å². The summed E-state index contributed by atoms with van der Waals surface area (Å²) >= 11 is 0. The number of rotatable bonds is 5. The van der Waals surface area contributed by atoms with Gasteiger partial charge in [-0.2, -0.15) is 0 Å². The summed E-state index contributed by atoms with van der Waals surface area (Å²) in [5.74, 6) is 0.00523. The molecule has 1 rings (SSSR count). The summed E-state index contributed by atoms with van der Waals surface area (Å²) in [6, 6.07) is 0. The van der Waals surface area contributed by atoms with Crippen LogP contribution in [0.2, 0.25) is 0 Å². The summed E-state index contributed by atoms with van der Waals surface area (Å²) in [4.78, 5) is 11.2. The van der Waals surface area contributed by atoms with Gasteiger partial charge < -0.3 is 14.2 Å². The Morgan fingerprint density at radius 3 is 2.64 bits per heavy atom. The molecule has 0 radical (unpaired) electrons. The molecule has 82 valence electrons. The minimum Gasteiger partial charge on any atom is -0.333 e. The van der Waals surface area contributed by atoms with Crippen molar-refractivity contribution in [3.63, 3.8) is 0 Å². The maximum absolute atomic E-state index is 11.2. The van der Waals surface area contributed by atoms with Gasteiger partial charge in [-0.15, -0.1) is 0 Å². The third kappa shape index (κ3) is 2.77. The lowest BCUT2D eigenvalue weighted by atomic mass is 10.1. The second-order valence-electron chi connectivity index (χ2n) is 3.51. The van der Waals surface area contributed by atoms with Crippen molar-refractivity contribution in [3.8, 4) is 0 Å².